The molecule has 0 spiro atoms. The van der Waals surface area contributed by atoms with Crippen molar-refractivity contribution in [3.8, 4) is 6.07 Å². The number of hydrogen-bond acceptors (Lipinski definition) is 22. The van der Waals surface area contributed by atoms with Gasteiger partial charge in [-0.15, -0.1) is 14.6 Å². The number of aromatic nitrogens is 1. The number of nitriles is 1. The van der Waals surface area contributed by atoms with Crippen LogP contribution in [-0.2, 0) is 49.8 Å². The van der Waals surface area contributed by atoms with Crippen LogP contribution in [0.3, 0.4) is 0 Å². The van der Waals surface area contributed by atoms with E-state index in [-0.39, 0.29) is 74.5 Å². The summed E-state index contributed by atoms with van der Waals surface area (Å²) in [6.45, 7) is 1.89. The summed E-state index contributed by atoms with van der Waals surface area (Å²) in [4.78, 5) is 5.02. The van der Waals surface area contributed by atoms with Gasteiger partial charge in [0.15, 0.2) is 5.00 Å². The first-order valence-electron chi connectivity index (χ1n) is 25.0. The van der Waals surface area contributed by atoms with E-state index in [1.54, 1.807) is 0 Å². The lowest BCUT2D eigenvalue weighted by molar-refractivity contribution is -0.432. The molecule has 72 heavy (non-hydrogen) atoms. The fraction of sp³-hybridized carbons (Fsp3) is 0.905. The SMILES string of the molecule is CC1C(C#N)C(NC2CCC(S(=O)(=O)O)CC2)NC(NC2CCC(S(=O)(=O)O)CC2)C1N=Nc1nc(C2CCC3CCCCC3C2)c(N=NC2CC3C(CC(SOOO)CC3S(=O)(=O)O)C(S(=O)(=O)O)C2)s1. The number of fused-ring (bicyclic) bond motifs is 2. The molecule has 406 valence electrons. The molecular weight excluding hydrogens is 1060 g/mol. The van der Waals surface area contributed by atoms with Crippen LogP contribution in [0, 0.1) is 46.8 Å². The molecule has 0 radical (unpaired) electrons. The van der Waals surface area contributed by atoms with Crippen molar-refractivity contribution in [1.82, 2.24) is 20.9 Å². The Hall–Kier alpha value is -1.93. The topological polar surface area (TPSA) is 378 Å². The zero-order valence-corrected chi connectivity index (χ0v) is 44.7. The summed E-state index contributed by atoms with van der Waals surface area (Å²) < 4.78 is 144. The fourth-order valence-corrected chi connectivity index (χ4v) is 19.2. The molecule has 8 N–H and O–H groups in total. The fourth-order valence-electron chi connectivity index (χ4n) is 13.3. The average Bonchev–Trinajstić information content (AvgIpc) is 3.74. The zero-order valence-electron chi connectivity index (χ0n) is 39.8. The second kappa shape index (κ2) is 23.4. The summed E-state index contributed by atoms with van der Waals surface area (Å²) in [7, 11) is -17.9. The Morgan fingerprint density at radius 3 is 1.86 bits per heavy atom. The Labute approximate surface area is 429 Å². The predicted molar refractivity (Wildman–Crippen MR) is 263 cm³/mol. The maximum atomic E-state index is 13.0. The summed E-state index contributed by atoms with van der Waals surface area (Å²) in [5, 5.41) is 48.0. The average molecular weight is 1130 g/mol. The van der Waals surface area contributed by atoms with Crippen LogP contribution in [0.1, 0.15) is 141 Å². The third-order valence-electron chi connectivity index (χ3n) is 17.0. The van der Waals surface area contributed by atoms with Gasteiger partial charge in [-0.05, 0) is 120 Å². The van der Waals surface area contributed by atoms with E-state index >= 15 is 0 Å². The molecule has 0 bridgehead atoms. The molecule has 1 aromatic heterocycles. The third kappa shape index (κ3) is 13.6. The molecule has 1 aromatic rings. The normalized spacial score (nSPS) is 39.6. The Kier molecular flexibility index (Phi) is 18.3. The highest BCUT2D eigenvalue weighted by Gasteiger charge is 2.54. The second-order valence-electron chi connectivity index (χ2n) is 21.3. The number of nitrogens with one attached hydrogen (secondary N) is 3. The molecule has 7 fully saturated rings. The molecule has 0 aromatic carbocycles. The summed E-state index contributed by atoms with van der Waals surface area (Å²) in [5.41, 5.74) is 0.657. The molecule has 2 heterocycles. The van der Waals surface area contributed by atoms with E-state index in [9.17, 15) is 57.1 Å². The monoisotopic (exact) mass is 1130 g/mol. The number of nitrogens with zero attached hydrogens (tertiary/aromatic N) is 6. The van der Waals surface area contributed by atoms with Gasteiger partial charge in [0.25, 0.3) is 40.5 Å². The van der Waals surface area contributed by atoms with E-state index in [2.05, 4.69) is 36.5 Å². The molecule has 8 rings (SSSR count). The second-order valence-corrected chi connectivity index (χ2v) is 29.9. The predicted octanol–water partition coefficient (Wildman–Crippen LogP) is 6.50. The lowest BCUT2D eigenvalue weighted by Gasteiger charge is -2.46. The van der Waals surface area contributed by atoms with Crippen molar-refractivity contribution >= 4 is 74.0 Å². The minimum atomic E-state index is -4.77. The first-order valence-corrected chi connectivity index (χ1v) is 32.6. The molecule has 6 saturated carbocycles. The largest absolute Gasteiger partial charge is 0.298 e. The molecule has 6 aliphatic carbocycles. The van der Waals surface area contributed by atoms with E-state index in [1.165, 1.54) is 12.8 Å². The van der Waals surface area contributed by atoms with E-state index < -0.39 is 115 Å². The molecule has 1 aliphatic heterocycles. The molecule has 1 saturated heterocycles. The number of hydrogen-bond donors (Lipinski definition) is 8. The van der Waals surface area contributed by atoms with E-state index in [1.807, 2.05) is 6.92 Å². The van der Waals surface area contributed by atoms with Crippen LogP contribution >= 0.6 is 23.4 Å². The van der Waals surface area contributed by atoms with E-state index in [4.69, 9.17) is 25.6 Å². The third-order valence-corrected chi connectivity index (χ3v) is 23.9. The van der Waals surface area contributed by atoms with Gasteiger partial charge in [0.05, 0.1) is 57.1 Å². The molecule has 14 unspecified atom stereocenters. The van der Waals surface area contributed by atoms with Crippen LogP contribution in [0.15, 0.2) is 20.5 Å². The summed E-state index contributed by atoms with van der Waals surface area (Å²) in [5.74, 6) is -1.82. The van der Waals surface area contributed by atoms with E-state index in [0.29, 0.717) is 60.3 Å². The maximum Gasteiger partial charge on any atom is 0.268 e. The van der Waals surface area contributed by atoms with Gasteiger partial charge in [-0.3, -0.25) is 34.2 Å². The van der Waals surface area contributed by atoms with Crippen molar-refractivity contribution in [2.24, 2.45) is 56.0 Å². The minimum Gasteiger partial charge on any atom is -0.298 e. The number of piperidine rings is 1. The Balaban J connectivity index is 1.08. The van der Waals surface area contributed by atoms with Gasteiger partial charge in [0.2, 0.25) is 5.13 Å². The highest BCUT2D eigenvalue weighted by molar-refractivity contribution is 7.95. The van der Waals surface area contributed by atoms with Crippen LogP contribution < -0.4 is 16.0 Å². The van der Waals surface area contributed by atoms with Gasteiger partial charge in [-0.1, -0.05) is 49.0 Å². The van der Waals surface area contributed by atoms with Crippen molar-refractivity contribution in [3.05, 3.63) is 5.69 Å². The molecule has 30 heteroatoms. The maximum absolute atomic E-state index is 13.0. The molecule has 0 amide bonds. The van der Waals surface area contributed by atoms with Crippen LogP contribution in [0.2, 0.25) is 0 Å². The van der Waals surface area contributed by atoms with Crippen LogP contribution in [0.25, 0.3) is 0 Å². The molecule has 7 aliphatic rings. The number of rotatable bonds is 16. The standard InChI is InChI=1S/C42H67N9O15S6/c1-22-34(21-43)39(44-26-8-12-30(13-9-26)69(53,54)55)47-40(45-27-10-14-31(15-11-27)70(56,57)58)37(22)49-51-42-46-38(25-7-6-23-4-2-3-5-24(23)16-25)41(67-42)50-48-28-17-32-33(35(18-28)71(59,60)61)19-29(68-66-65-52)20-36(32)72(62,63)64/h22-37,39-40,44-45,47,52H,2-20H2,1H3,(H,53,54,55)(H,56,57,58)(H,59,60,61)(H,62,63,64). The highest BCUT2D eigenvalue weighted by atomic mass is 32.2. The number of azo groups is 2. The zero-order chi connectivity index (χ0) is 51.8. The first kappa shape index (κ1) is 56.3. The van der Waals surface area contributed by atoms with Crippen LogP contribution in [0.5, 0.6) is 0 Å². The Morgan fingerprint density at radius 1 is 0.694 bits per heavy atom. The molecule has 14 atom stereocenters. The Bertz CT molecular complexity index is 2610. The van der Waals surface area contributed by atoms with Gasteiger partial charge in [-0.25, -0.2) is 10.2 Å². The highest BCUT2D eigenvalue weighted by Crippen LogP contribution is 2.52. The molecular formula is C42H67N9O15S6. The van der Waals surface area contributed by atoms with Crippen molar-refractivity contribution < 1.29 is 66.5 Å². The van der Waals surface area contributed by atoms with Gasteiger partial charge in [-0.2, -0.15) is 49.2 Å². The quantitative estimate of drug-likeness (QED) is 0.0288. The summed E-state index contributed by atoms with van der Waals surface area (Å²) in [6.07, 6.45) is 8.69. The number of thiazole rings is 1. The van der Waals surface area contributed by atoms with Gasteiger partial charge in [0.1, 0.15) is 6.04 Å². The smallest absolute Gasteiger partial charge is 0.268 e. The van der Waals surface area contributed by atoms with Gasteiger partial charge >= 0.3 is 0 Å². The molecule has 24 nitrogen and oxygen atoms in total. The van der Waals surface area contributed by atoms with Gasteiger partial charge in [0, 0.05) is 41.2 Å². The lowest BCUT2D eigenvalue weighted by Crippen LogP contribution is -2.69. The summed E-state index contributed by atoms with van der Waals surface area (Å²) in [6, 6.07) is 0.542. The van der Waals surface area contributed by atoms with Crippen molar-refractivity contribution in [1.29, 1.82) is 5.26 Å². The van der Waals surface area contributed by atoms with Crippen molar-refractivity contribution in [2.75, 3.05) is 0 Å². The van der Waals surface area contributed by atoms with E-state index in [0.717, 1.165) is 43.4 Å². The van der Waals surface area contributed by atoms with Crippen molar-refractivity contribution in [2.45, 2.75) is 198 Å². The van der Waals surface area contributed by atoms with Gasteiger partial charge < -0.3 is 0 Å². The van der Waals surface area contributed by atoms with Crippen LogP contribution in [-0.4, -0.2) is 125 Å². The van der Waals surface area contributed by atoms with Crippen LogP contribution in [0.4, 0.5) is 10.1 Å². The first-order chi connectivity index (χ1) is 34.0. The summed E-state index contributed by atoms with van der Waals surface area (Å²) >= 11 is 1.72. The lowest BCUT2D eigenvalue weighted by atomic mass is 9.67. The minimum absolute atomic E-state index is 0.00785. The van der Waals surface area contributed by atoms with Crippen molar-refractivity contribution in [3.63, 3.8) is 0 Å². The Morgan fingerprint density at radius 2 is 1.28 bits per heavy atom.